The third kappa shape index (κ3) is 4.36. The lowest BCUT2D eigenvalue weighted by atomic mass is 9.96. The minimum absolute atomic E-state index is 0.0116. The second-order valence-electron chi connectivity index (χ2n) is 6.09. The van der Waals surface area contributed by atoms with Gasteiger partial charge in [-0.05, 0) is 12.0 Å². The van der Waals surface area contributed by atoms with E-state index in [1.54, 1.807) is 0 Å². The number of aliphatic imine (C=N–C) groups is 1. The maximum atomic E-state index is 12.8. The number of amides is 1. The van der Waals surface area contributed by atoms with Crippen LogP contribution in [0.1, 0.15) is 5.56 Å². The normalized spacial score (nSPS) is 18.8. The number of amidine groups is 1. The average molecular weight is 375 g/mol. The van der Waals surface area contributed by atoms with Gasteiger partial charge < -0.3 is 5.32 Å². The maximum absolute atomic E-state index is 12.8. The summed E-state index contributed by atoms with van der Waals surface area (Å²) in [6.45, 7) is 0.246. The van der Waals surface area contributed by atoms with Gasteiger partial charge in [0.1, 0.15) is 0 Å². The zero-order valence-corrected chi connectivity index (χ0v) is 14.9. The molecule has 1 fully saturated rings. The predicted molar refractivity (Wildman–Crippen MR) is 95.7 cm³/mol. The second kappa shape index (κ2) is 7.79. The Morgan fingerprint density at radius 1 is 1.23 bits per heavy atom. The molecule has 0 bridgehead atoms. The molecular formula is C17H19N4O4S. The summed E-state index contributed by atoms with van der Waals surface area (Å²) in [5.41, 5.74) is 0.851. The zero-order chi connectivity index (χ0) is 18.6. The van der Waals surface area contributed by atoms with Gasteiger partial charge in [-0.25, -0.2) is 18.7 Å². The summed E-state index contributed by atoms with van der Waals surface area (Å²) < 4.78 is 26.6. The number of carbonyl (C=O) groups excluding carboxylic acids is 2. The fourth-order valence-corrected chi connectivity index (χ4v) is 4.56. The standard InChI is InChI=1S/C17H19N4O4S/c22-15-11-21(9-8-18-15)26(24,25)12-14(10-13-4-2-1-3-5-13)16(23)17-19-6-7-20-17/h1-7,14H,8-12H2,(H,18,22)/t14-/m0/s1. The molecule has 137 valence electrons. The summed E-state index contributed by atoms with van der Waals surface area (Å²) in [7, 11) is -3.78. The topological polar surface area (TPSA) is 110 Å². The molecule has 1 saturated heterocycles. The number of Topliss-reactive ketones (excluding diaryl/α,β-unsaturated/α-hetero) is 1. The van der Waals surface area contributed by atoms with Crippen LogP contribution in [0.2, 0.25) is 0 Å². The summed E-state index contributed by atoms with van der Waals surface area (Å²) in [4.78, 5) is 28.2. The van der Waals surface area contributed by atoms with Crippen molar-refractivity contribution >= 4 is 27.5 Å². The van der Waals surface area contributed by atoms with Crippen molar-refractivity contribution in [2.45, 2.75) is 6.42 Å². The van der Waals surface area contributed by atoms with Gasteiger partial charge in [0.15, 0.2) is 5.84 Å². The Bertz CT molecular complexity index is 849. The highest BCUT2D eigenvalue weighted by molar-refractivity contribution is 7.89. The highest BCUT2D eigenvalue weighted by atomic mass is 32.2. The summed E-state index contributed by atoms with van der Waals surface area (Å²) in [6.07, 6.45) is 3.06. The van der Waals surface area contributed by atoms with Gasteiger partial charge in [0, 0.05) is 31.4 Å². The van der Waals surface area contributed by atoms with Gasteiger partial charge in [0.05, 0.1) is 12.3 Å². The van der Waals surface area contributed by atoms with E-state index in [0.29, 0.717) is 0 Å². The van der Waals surface area contributed by atoms with E-state index in [-0.39, 0.29) is 43.6 Å². The molecule has 2 aliphatic heterocycles. The molecule has 1 amide bonds. The fraction of sp³-hybridized carbons (Fsp3) is 0.353. The molecule has 8 nitrogen and oxygen atoms in total. The number of ketones is 1. The van der Waals surface area contributed by atoms with Crippen LogP contribution >= 0.6 is 0 Å². The molecule has 0 spiro atoms. The molecule has 2 heterocycles. The smallest absolute Gasteiger partial charge is 0.235 e. The number of hydrogen-bond acceptors (Lipinski definition) is 5. The van der Waals surface area contributed by atoms with E-state index in [1.807, 2.05) is 30.3 Å². The number of carbonyl (C=O) groups is 2. The first-order chi connectivity index (χ1) is 12.5. The van der Waals surface area contributed by atoms with E-state index < -0.39 is 21.7 Å². The van der Waals surface area contributed by atoms with Crippen LogP contribution in [0.5, 0.6) is 0 Å². The van der Waals surface area contributed by atoms with E-state index in [4.69, 9.17) is 0 Å². The number of sulfonamides is 1. The largest absolute Gasteiger partial charge is 0.354 e. The molecule has 1 aromatic carbocycles. The third-order valence-electron chi connectivity index (χ3n) is 4.18. The molecule has 0 aliphatic carbocycles. The van der Waals surface area contributed by atoms with Gasteiger partial charge in [-0.1, -0.05) is 30.3 Å². The SMILES string of the molecule is O=C1CN(S(=O)(=O)C[C@H](Cc2ccccc2)C(=O)C2=NC=C[N]2)CCN1. The first-order valence-electron chi connectivity index (χ1n) is 8.22. The van der Waals surface area contributed by atoms with E-state index in [9.17, 15) is 18.0 Å². The number of rotatable bonds is 7. The number of benzene rings is 1. The van der Waals surface area contributed by atoms with Gasteiger partial charge in [-0.2, -0.15) is 4.31 Å². The summed E-state index contributed by atoms with van der Waals surface area (Å²) in [6, 6.07) is 9.20. The number of nitrogens with zero attached hydrogens (tertiary/aromatic N) is 3. The summed E-state index contributed by atoms with van der Waals surface area (Å²) in [5, 5.41) is 6.49. The van der Waals surface area contributed by atoms with Crippen LogP contribution in [0, 0.1) is 5.92 Å². The summed E-state index contributed by atoms with van der Waals surface area (Å²) in [5.74, 6) is -1.95. The monoisotopic (exact) mass is 375 g/mol. The van der Waals surface area contributed by atoms with Crippen LogP contribution in [0.4, 0.5) is 0 Å². The molecule has 1 radical (unpaired) electrons. The number of hydrogen-bond donors (Lipinski definition) is 1. The molecule has 3 rings (SSSR count). The lowest BCUT2D eigenvalue weighted by molar-refractivity contribution is -0.122. The molecular weight excluding hydrogens is 356 g/mol. The molecule has 2 aliphatic rings. The Hall–Kier alpha value is -2.52. The Morgan fingerprint density at radius 2 is 2.00 bits per heavy atom. The van der Waals surface area contributed by atoms with Gasteiger partial charge in [0.2, 0.25) is 21.7 Å². The molecule has 0 unspecified atom stereocenters. The van der Waals surface area contributed by atoms with E-state index in [2.05, 4.69) is 15.6 Å². The van der Waals surface area contributed by atoms with Crippen molar-refractivity contribution < 1.29 is 18.0 Å². The molecule has 9 heteroatoms. The van der Waals surface area contributed by atoms with Gasteiger partial charge in [0.25, 0.3) is 0 Å². The minimum Gasteiger partial charge on any atom is -0.354 e. The fourth-order valence-electron chi connectivity index (χ4n) is 2.89. The first-order valence-corrected chi connectivity index (χ1v) is 9.83. The van der Waals surface area contributed by atoms with Crippen molar-refractivity contribution in [3.63, 3.8) is 0 Å². The molecule has 1 N–H and O–H groups in total. The highest BCUT2D eigenvalue weighted by Gasteiger charge is 2.34. The van der Waals surface area contributed by atoms with E-state index >= 15 is 0 Å². The second-order valence-corrected chi connectivity index (χ2v) is 8.11. The van der Waals surface area contributed by atoms with Crippen molar-refractivity contribution in [2.24, 2.45) is 10.9 Å². The van der Waals surface area contributed by atoms with Crippen molar-refractivity contribution in [2.75, 3.05) is 25.4 Å². The quantitative estimate of drug-likeness (QED) is 0.703. The van der Waals surface area contributed by atoms with Crippen molar-refractivity contribution in [3.05, 3.63) is 48.3 Å². The molecule has 26 heavy (non-hydrogen) atoms. The Kier molecular flexibility index (Phi) is 5.48. The maximum Gasteiger partial charge on any atom is 0.235 e. The van der Waals surface area contributed by atoms with Crippen molar-refractivity contribution in [3.8, 4) is 0 Å². The highest BCUT2D eigenvalue weighted by Crippen LogP contribution is 2.17. The third-order valence-corrected chi connectivity index (χ3v) is 6.11. The van der Waals surface area contributed by atoms with Crippen molar-refractivity contribution in [1.29, 1.82) is 0 Å². The number of nitrogens with one attached hydrogen (secondary N) is 1. The van der Waals surface area contributed by atoms with Crippen LogP contribution in [0.25, 0.3) is 0 Å². The lowest BCUT2D eigenvalue weighted by Gasteiger charge is -2.27. The predicted octanol–water partition coefficient (Wildman–Crippen LogP) is -0.336. The van der Waals surface area contributed by atoms with Gasteiger partial charge >= 0.3 is 0 Å². The molecule has 1 aromatic rings. The van der Waals surface area contributed by atoms with E-state index in [1.165, 1.54) is 12.4 Å². The van der Waals surface area contributed by atoms with Crippen LogP contribution in [0.3, 0.4) is 0 Å². The van der Waals surface area contributed by atoms with E-state index in [0.717, 1.165) is 9.87 Å². The molecule has 0 aromatic heterocycles. The Morgan fingerprint density at radius 3 is 2.65 bits per heavy atom. The molecule has 1 atom stereocenters. The van der Waals surface area contributed by atoms with Crippen LogP contribution in [0.15, 0.2) is 47.7 Å². The minimum atomic E-state index is -3.78. The molecule has 0 saturated carbocycles. The van der Waals surface area contributed by atoms with Gasteiger partial charge in [-0.3, -0.25) is 9.59 Å². The summed E-state index contributed by atoms with van der Waals surface area (Å²) >= 11 is 0. The van der Waals surface area contributed by atoms with Crippen LogP contribution < -0.4 is 10.6 Å². The van der Waals surface area contributed by atoms with Gasteiger partial charge in [-0.15, -0.1) is 0 Å². The lowest BCUT2D eigenvalue weighted by Crippen LogP contribution is -2.51. The Balaban J connectivity index is 1.80. The Labute approximate surface area is 152 Å². The first kappa shape index (κ1) is 18.3. The van der Waals surface area contributed by atoms with Crippen LogP contribution in [-0.4, -0.2) is 55.6 Å². The average Bonchev–Trinajstić information content (AvgIpc) is 3.16. The van der Waals surface area contributed by atoms with Crippen LogP contribution in [-0.2, 0) is 26.0 Å². The zero-order valence-electron chi connectivity index (χ0n) is 14.0. The number of piperazine rings is 1. The van der Waals surface area contributed by atoms with Crippen molar-refractivity contribution in [1.82, 2.24) is 14.9 Å².